The van der Waals surface area contributed by atoms with Crippen molar-refractivity contribution < 1.29 is 13.2 Å². The van der Waals surface area contributed by atoms with Gasteiger partial charge in [-0.15, -0.1) is 5.11 Å². The lowest BCUT2D eigenvalue weighted by atomic mass is 10.3. The molecular weight excluding hydrogens is 321 g/mol. The van der Waals surface area contributed by atoms with E-state index in [-0.39, 0.29) is 5.69 Å². The van der Waals surface area contributed by atoms with Crippen molar-refractivity contribution in [2.45, 2.75) is 6.18 Å². The Bertz CT molecular complexity index is 912. The Morgan fingerprint density at radius 2 is 1.46 bits per heavy atom. The summed E-state index contributed by atoms with van der Waals surface area (Å²) in [7, 11) is 0. The largest absolute Gasteiger partial charge is 0.435 e. The lowest BCUT2D eigenvalue weighted by molar-refractivity contribution is -0.140. The van der Waals surface area contributed by atoms with E-state index in [1.54, 1.807) is 48.5 Å². The third-order valence-corrected chi connectivity index (χ3v) is 3.19. The van der Waals surface area contributed by atoms with E-state index >= 15 is 0 Å². The molecule has 0 aliphatic heterocycles. The van der Waals surface area contributed by atoms with Gasteiger partial charge in [0.25, 0.3) is 5.56 Å². The predicted molar refractivity (Wildman–Crippen MR) is 82.0 cm³/mol. The molecule has 0 aliphatic carbocycles. The summed E-state index contributed by atoms with van der Waals surface area (Å²) in [6, 6.07) is 16.1. The highest BCUT2D eigenvalue weighted by atomic mass is 19.4. The molecule has 0 bridgehead atoms. The lowest BCUT2D eigenvalue weighted by Gasteiger charge is -2.04. The molecule has 2 aromatic carbocycles. The van der Waals surface area contributed by atoms with Crippen LogP contribution in [0.1, 0.15) is 5.69 Å². The first-order valence-corrected chi connectivity index (χ1v) is 6.91. The molecule has 24 heavy (non-hydrogen) atoms. The van der Waals surface area contributed by atoms with Gasteiger partial charge in [0.1, 0.15) is 0 Å². The zero-order valence-corrected chi connectivity index (χ0v) is 12.2. The summed E-state index contributed by atoms with van der Waals surface area (Å²) in [5.41, 5.74) is -2.33. The summed E-state index contributed by atoms with van der Waals surface area (Å²) >= 11 is 0. The number of hydrogen-bond donors (Lipinski definition) is 1. The molecule has 0 amide bonds. The highest BCUT2D eigenvalue weighted by Gasteiger charge is 2.38. The van der Waals surface area contributed by atoms with Crippen LogP contribution in [0.25, 0.3) is 5.69 Å². The second kappa shape index (κ2) is 6.15. The minimum absolute atomic E-state index is 0.272. The van der Waals surface area contributed by atoms with Crippen LogP contribution in [0.15, 0.2) is 75.7 Å². The van der Waals surface area contributed by atoms with Crippen molar-refractivity contribution >= 4 is 11.4 Å². The van der Waals surface area contributed by atoms with Gasteiger partial charge in [-0.25, -0.2) is 4.68 Å². The van der Waals surface area contributed by atoms with Gasteiger partial charge in [0.05, 0.1) is 11.4 Å². The number of para-hydroxylation sites is 1. The lowest BCUT2D eigenvalue weighted by Crippen LogP contribution is -2.13. The van der Waals surface area contributed by atoms with Gasteiger partial charge in [-0.3, -0.25) is 9.89 Å². The van der Waals surface area contributed by atoms with E-state index in [0.29, 0.717) is 5.69 Å². The molecule has 122 valence electrons. The molecule has 1 heterocycles. The number of azo groups is 1. The Balaban J connectivity index is 2.12. The van der Waals surface area contributed by atoms with Gasteiger partial charge >= 0.3 is 6.18 Å². The number of aromatic nitrogens is 2. The van der Waals surface area contributed by atoms with Gasteiger partial charge in [-0.1, -0.05) is 36.4 Å². The Morgan fingerprint density at radius 3 is 2.04 bits per heavy atom. The second-order valence-electron chi connectivity index (χ2n) is 4.84. The first kappa shape index (κ1) is 15.7. The SMILES string of the molecule is O=c1c(N=Nc2ccccc2)c(C(F)(F)F)[nH]n1-c1ccccc1. The number of nitrogens with one attached hydrogen (secondary N) is 1. The van der Waals surface area contributed by atoms with Gasteiger partial charge in [-0.05, 0) is 24.3 Å². The van der Waals surface area contributed by atoms with E-state index in [0.717, 1.165) is 4.68 Å². The van der Waals surface area contributed by atoms with E-state index in [1.165, 1.54) is 12.1 Å². The standard InChI is InChI=1S/C16H11F3N4O/c17-16(18,19)14-13(21-20-11-7-3-1-4-8-11)15(24)23(22-14)12-9-5-2-6-10-12/h1-10,22H. The third-order valence-electron chi connectivity index (χ3n) is 3.19. The first-order chi connectivity index (χ1) is 11.5. The van der Waals surface area contributed by atoms with Crippen LogP contribution in [0.2, 0.25) is 0 Å². The number of nitrogens with zero attached hydrogens (tertiary/aromatic N) is 3. The monoisotopic (exact) mass is 332 g/mol. The average molecular weight is 332 g/mol. The Morgan fingerprint density at radius 1 is 0.875 bits per heavy atom. The van der Waals surface area contributed by atoms with Crippen molar-refractivity contribution in [1.29, 1.82) is 0 Å². The predicted octanol–water partition coefficient (Wildman–Crippen LogP) is 4.60. The molecule has 3 rings (SSSR count). The van der Waals surface area contributed by atoms with Crippen LogP contribution in [-0.4, -0.2) is 9.78 Å². The molecule has 5 nitrogen and oxygen atoms in total. The van der Waals surface area contributed by atoms with Crippen molar-refractivity contribution in [1.82, 2.24) is 9.78 Å². The number of rotatable bonds is 3. The average Bonchev–Trinajstić information content (AvgIpc) is 2.92. The minimum atomic E-state index is -4.76. The van der Waals surface area contributed by atoms with Gasteiger partial charge in [-0.2, -0.15) is 18.3 Å². The van der Waals surface area contributed by atoms with Gasteiger partial charge in [0, 0.05) is 0 Å². The van der Waals surface area contributed by atoms with Crippen LogP contribution in [-0.2, 0) is 6.18 Å². The van der Waals surface area contributed by atoms with Gasteiger partial charge in [0.15, 0.2) is 11.4 Å². The fraction of sp³-hybridized carbons (Fsp3) is 0.0625. The molecule has 0 aliphatic rings. The van der Waals surface area contributed by atoms with E-state index in [9.17, 15) is 18.0 Å². The molecule has 0 atom stereocenters. The molecule has 1 N–H and O–H groups in total. The number of alkyl halides is 3. The summed E-state index contributed by atoms with van der Waals surface area (Å²) in [6.07, 6.45) is -4.76. The van der Waals surface area contributed by atoms with Crippen LogP contribution in [0, 0.1) is 0 Å². The fourth-order valence-electron chi connectivity index (χ4n) is 2.08. The topological polar surface area (TPSA) is 62.5 Å². The maximum Gasteiger partial charge on any atom is 0.435 e. The molecule has 0 saturated heterocycles. The minimum Gasteiger partial charge on any atom is -0.284 e. The molecule has 0 unspecified atom stereocenters. The number of hydrogen-bond acceptors (Lipinski definition) is 3. The molecule has 0 spiro atoms. The Hall–Kier alpha value is -3.16. The van der Waals surface area contributed by atoms with E-state index in [2.05, 4.69) is 15.3 Å². The Kier molecular flexibility index (Phi) is 4.03. The maximum atomic E-state index is 13.2. The quantitative estimate of drug-likeness (QED) is 0.700. The molecule has 0 radical (unpaired) electrons. The van der Waals surface area contributed by atoms with Crippen LogP contribution in [0.5, 0.6) is 0 Å². The highest BCUT2D eigenvalue weighted by Crippen LogP contribution is 2.34. The normalized spacial score (nSPS) is 12.0. The smallest absolute Gasteiger partial charge is 0.284 e. The number of H-pyrrole nitrogens is 1. The third kappa shape index (κ3) is 3.12. The summed E-state index contributed by atoms with van der Waals surface area (Å²) < 4.78 is 40.4. The maximum absolute atomic E-state index is 13.2. The zero-order chi connectivity index (χ0) is 17.2. The highest BCUT2D eigenvalue weighted by molar-refractivity contribution is 5.46. The molecule has 3 aromatic rings. The number of halogens is 3. The van der Waals surface area contributed by atoms with Crippen LogP contribution >= 0.6 is 0 Å². The van der Waals surface area contributed by atoms with Crippen molar-refractivity contribution in [3.63, 3.8) is 0 Å². The summed E-state index contributed by atoms with van der Waals surface area (Å²) in [6.45, 7) is 0. The van der Waals surface area contributed by atoms with Crippen molar-refractivity contribution in [3.8, 4) is 5.69 Å². The van der Waals surface area contributed by atoms with Crippen molar-refractivity contribution in [3.05, 3.63) is 76.7 Å². The second-order valence-corrected chi connectivity index (χ2v) is 4.84. The van der Waals surface area contributed by atoms with Crippen LogP contribution in [0.4, 0.5) is 24.5 Å². The van der Waals surface area contributed by atoms with Gasteiger partial charge < -0.3 is 0 Å². The van der Waals surface area contributed by atoms with Crippen molar-refractivity contribution in [2.24, 2.45) is 10.2 Å². The molecule has 0 saturated carbocycles. The van der Waals surface area contributed by atoms with Crippen molar-refractivity contribution in [2.75, 3.05) is 0 Å². The summed E-state index contributed by atoms with van der Waals surface area (Å²) in [5.74, 6) is 0. The molecular formula is C16H11F3N4O. The van der Waals surface area contributed by atoms with Crippen LogP contribution in [0.3, 0.4) is 0 Å². The van der Waals surface area contributed by atoms with E-state index < -0.39 is 23.1 Å². The van der Waals surface area contributed by atoms with E-state index in [4.69, 9.17) is 0 Å². The fourth-order valence-corrected chi connectivity index (χ4v) is 2.08. The summed E-state index contributed by atoms with van der Waals surface area (Å²) in [4.78, 5) is 12.3. The number of aromatic amines is 1. The first-order valence-electron chi connectivity index (χ1n) is 6.91. The zero-order valence-electron chi connectivity index (χ0n) is 12.2. The van der Waals surface area contributed by atoms with E-state index in [1.807, 2.05) is 0 Å². The molecule has 8 heteroatoms. The summed E-state index contributed by atoms with van der Waals surface area (Å²) in [5, 5.41) is 9.31. The number of benzene rings is 2. The molecule has 0 fully saturated rings. The molecule has 1 aromatic heterocycles. The van der Waals surface area contributed by atoms with Crippen LogP contribution < -0.4 is 5.56 Å². The van der Waals surface area contributed by atoms with Gasteiger partial charge in [0.2, 0.25) is 0 Å². The Labute approximate surface area is 134 Å².